The number of carbonyl (C=O) groups excluding carboxylic acids is 3. The predicted octanol–water partition coefficient (Wildman–Crippen LogP) is 2.87. The smallest absolute Gasteiger partial charge is 0.411 e. The minimum absolute atomic E-state index is 0.122. The van der Waals surface area contributed by atoms with Crippen molar-refractivity contribution in [1.82, 2.24) is 0 Å². The van der Waals surface area contributed by atoms with Crippen LogP contribution in [0.25, 0.3) is 0 Å². The highest BCUT2D eigenvalue weighted by Crippen LogP contribution is 2.53. The number of allylic oxidation sites excluding steroid dienone is 2. The number of rotatable bonds is 3. The molecule has 2 fully saturated rings. The molecule has 1 aromatic rings. The van der Waals surface area contributed by atoms with Gasteiger partial charge in [-0.1, -0.05) is 18.2 Å². The lowest BCUT2D eigenvalue weighted by Gasteiger charge is -2.21. The second-order valence-corrected chi connectivity index (χ2v) is 6.81. The summed E-state index contributed by atoms with van der Waals surface area (Å²) in [6, 6.07) is 5.20. The van der Waals surface area contributed by atoms with Crippen LogP contribution in [0.4, 0.5) is 16.2 Å². The van der Waals surface area contributed by atoms with E-state index in [0.717, 1.165) is 6.42 Å². The maximum atomic E-state index is 12.9. The zero-order valence-electron chi connectivity index (χ0n) is 14.2. The van der Waals surface area contributed by atoms with Crippen LogP contribution < -0.4 is 10.2 Å². The standard InChI is InChI=1S/C19H20N2O4/c1-3-25-19(24)20-13-5-4-6-14(10(13)2)21-17(22)15-11-7-8-12(9-11)16(15)18(21)23/h4-8,11-12,15-16H,3,9H2,1-2H3,(H,20,24)/t11-,12-,15-,16-/m0/s1. The average molecular weight is 340 g/mol. The molecule has 130 valence electrons. The maximum absolute atomic E-state index is 12.9. The molecule has 1 N–H and O–H groups in total. The molecule has 4 atom stereocenters. The van der Waals surface area contributed by atoms with Crippen LogP contribution in [-0.4, -0.2) is 24.5 Å². The van der Waals surface area contributed by atoms with E-state index in [1.54, 1.807) is 32.0 Å². The van der Waals surface area contributed by atoms with Gasteiger partial charge in [-0.05, 0) is 49.8 Å². The number of ether oxygens (including phenoxy) is 1. The lowest BCUT2D eigenvalue weighted by atomic mass is 9.85. The van der Waals surface area contributed by atoms with Gasteiger partial charge in [-0.25, -0.2) is 9.69 Å². The average Bonchev–Trinajstić information content (AvgIpc) is 3.25. The first kappa shape index (κ1) is 15.9. The van der Waals surface area contributed by atoms with Crippen LogP contribution in [0.15, 0.2) is 30.4 Å². The van der Waals surface area contributed by atoms with E-state index in [1.165, 1.54) is 4.90 Å². The van der Waals surface area contributed by atoms with E-state index in [2.05, 4.69) is 17.5 Å². The molecule has 1 saturated heterocycles. The topological polar surface area (TPSA) is 75.7 Å². The van der Waals surface area contributed by atoms with Gasteiger partial charge in [0.1, 0.15) is 0 Å². The van der Waals surface area contributed by atoms with Gasteiger partial charge in [0.05, 0.1) is 24.1 Å². The Labute approximate surface area is 145 Å². The van der Waals surface area contributed by atoms with Crippen LogP contribution in [0.2, 0.25) is 0 Å². The Morgan fingerprint density at radius 1 is 1.20 bits per heavy atom. The maximum Gasteiger partial charge on any atom is 0.411 e. The Hall–Kier alpha value is -2.63. The molecule has 1 saturated carbocycles. The van der Waals surface area contributed by atoms with Crippen molar-refractivity contribution in [3.05, 3.63) is 35.9 Å². The molecule has 6 nitrogen and oxygen atoms in total. The quantitative estimate of drug-likeness (QED) is 0.678. The first-order valence-corrected chi connectivity index (χ1v) is 8.62. The van der Waals surface area contributed by atoms with Gasteiger partial charge in [-0.3, -0.25) is 14.9 Å². The minimum atomic E-state index is -0.555. The number of amides is 3. The highest BCUT2D eigenvalue weighted by Gasteiger charge is 2.59. The third-order valence-corrected chi connectivity index (χ3v) is 5.53. The molecule has 1 heterocycles. The first-order valence-electron chi connectivity index (χ1n) is 8.62. The van der Waals surface area contributed by atoms with E-state index < -0.39 is 6.09 Å². The number of nitrogens with zero attached hydrogens (tertiary/aromatic N) is 1. The number of hydrogen-bond acceptors (Lipinski definition) is 4. The largest absolute Gasteiger partial charge is 0.450 e. The van der Waals surface area contributed by atoms with Crippen LogP contribution in [0.3, 0.4) is 0 Å². The van der Waals surface area contributed by atoms with Crippen molar-refractivity contribution in [2.75, 3.05) is 16.8 Å². The third kappa shape index (κ3) is 2.27. The van der Waals surface area contributed by atoms with Crippen molar-refractivity contribution in [1.29, 1.82) is 0 Å². The molecule has 3 aliphatic rings. The molecule has 2 aliphatic carbocycles. The van der Waals surface area contributed by atoms with Crippen molar-refractivity contribution in [3.8, 4) is 0 Å². The molecule has 2 bridgehead atoms. The van der Waals surface area contributed by atoms with Crippen LogP contribution in [0.1, 0.15) is 18.9 Å². The molecular weight excluding hydrogens is 320 g/mol. The van der Waals surface area contributed by atoms with Gasteiger partial charge in [-0.15, -0.1) is 0 Å². The number of fused-ring (bicyclic) bond motifs is 5. The molecule has 0 unspecified atom stereocenters. The summed E-state index contributed by atoms with van der Waals surface area (Å²) in [5.41, 5.74) is 1.75. The van der Waals surface area contributed by atoms with Crippen molar-refractivity contribution in [2.45, 2.75) is 20.3 Å². The molecule has 0 radical (unpaired) electrons. The molecular formula is C19H20N2O4. The Balaban J connectivity index is 1.66. The number of imide groups is 1. The summed E-state index contributed by atoms with van der Waals surface area (Å²) in [4.78, 5) is 38.9. The molecule has 0 aromatic heterocycles. The normalized spacial score (nSPS) is 29.3. The predicted molar refractivity (Wildman–Crippen MR) is 92.0 cm³/mol. The molecule has 1 aromatic carbocycles. The number of hydrogen-bond donors (Lipinski definition) is 1. The highest BCUT2D eigenvalue weighted by molar-refractivity contribution is 6.23. The van der Waals surface area contributed by atoms with E-state index in [4.69, 9.17) is 4.74 Å². The second kappa shape index (κ2) is 5.72. The van der Waals surface area contributed by atoms with E-state index in [-0.39, 0.29) is 42.1 Å². The van der Waals surface area contributed by atoms with Crippen molar-refractivity contribution in [2.24, 2.45) is 23.7 Å². The van der Waals surface area contributed by atoms with Gasteiger partial charge in [0.25, 0.3) is 0 Å². The van der Waals surface area contributed by atoms with Gasteiger partial charge in [0, 0.05) is 5.69 Å². The Bertz CT molecular complexity index is 771. The lowest BCUT2D eigenvalue weighted by molar-refractivity contribution is -0.123. The third-order valence-electron chi connectivity index (χ3n) is 5.53. The Morgan fingerprint density at radius 2 is 1.84 bits per heavy atom. The fourth-order valence-electron chi connectivity index (χ4n) is 4.42. The van der Waals surface area contributed by atoms with Gasteiger partial charge >= 0.3 is 6.09 Å². The monoisotopic (exact) mass is 340 g/mol. The zero-order valence-corrected chi connectivity index (χ0v) is 14.2. The van der Waals surface area contributed by atoms with Gasteiger partial charge in [0.2, 0.25) is 11.8 Å². The van der Waals surface area contributed by atoms with Crippen molar-refractivity contribution >= 4 is 29.3 Å². The van der Waals surface area contributed by atoms with E-state index in [0.29, 0.717) is 16.9 Å². The first-order chi connectivity index (χ1) is 12.0. The Morgan fingerprint density at radius 3 is 2.44 bits per heavy atom. The molecule has 4 rings (SSSR count). The fraction of sp³-hybridized carbons (Fsp3) is 0.421. The Kier molecular flexibility index (Phi) is 3.63. The molecule has 25 heavy (non-hydrogen) atoms. The van der Waals surface area contributed by atoms with Crippen molar-refractivity contribution in [3.63, 3.8) is 0 Å². The van der Waals surface area contributed by atoms with Gasteiger partial charge < -0.3 is 4.74 Å². The van der Waals surface area contributed by atoms with Crippen LogP contribution in [-0.2, 0) is 14.3 Å². The lowest BCUT2D eigenvalue weighted by Crippen LogP contribution is -2.33. The number of benzene rings is 1. The summed E-state index contributed by atoms with van der Waals surface area (Å²) in [5, 5.41) is 2.66. The van der Waals surface area contributed by atoms with E-state index >= 15 is 0 Å². The van der Waals surface area contributed by atoms with Crippen LogP contribution in [0, 0.1) is 30.6 Å². The number of anilines is 2. The number of carbonyl (C=O) groups is 3. The van der Waals surface area contributed by atoms with Crippen molar-refractivity contribution < 1.29 is 19.1 Å². The highest BCUT2D eigenvalue weighted by atomic mass is 16.5. The second-order valence-electron chi connectivity index (χ2n) is 6.81. The summed E-state index contributed by atoms with van der Waals surface area (Å²) < 4.78 is 4.90. The zero-order chi connectivity index (χ0) is 17.7. The fourth-order valence-corrected chi connectivity index (χ4v) is 4.42. The summed E-state index contributed by atoms with van der Waals surface area (Å²) in [5.74, 6) is -0.353. The molecule has 3 amide bonds. The SMILES string of the molecule is CCOC(=O)Nc1cccc(N2C(=O)[C@@H]3[C@@H](C2=O)[C@H]2C=C[C@H]3C2)c1C. The molecule has 6 heteroatoms. The molecule has 0 spiro atoms. The van der Waals surface area contributed by atoms with Crippen LogP contribution in [0.5, 0.6) is 0 Å². The van der Waals surface area contributed by atoms with Gasteiger partial charge in [-0.2, -0.15) is 0 Å². The number of nitrogens with one attached hydrogen (secondary N) is 1. The summed E-state index contributed by atoms with van der Waals surface area (Å²) in [6.07, 6.45) is 4.50. The summed E-state index contributed by atoms with van der Waals surface area (Å²) in [6.45, 7) is 3.79. The molecule has 1 aliphatic heterocycles. The van der Waals surface area contributed by atoms with E-state index in [9.17, 15) is 14.4 Å². The summed E-state index contributed by atoms with van der Waals surface area (Å²) in [7, 11) is 0. The van der Waals surface area contributed by atoms with Crippen LogP contribution >= 0.6 is 0 Å². The minimum Gasteiger partial charge on any atom is -0.450 e. The van der Waals surface area contributed by atoms with Gasteiger partial charge in [0.15, 0.2) is 0 Å². The van der Waals surface area contributed by atoms with E-state index in [1.807, 2.05) is 0 Å². The summed E-state index contributed by atoms with van der Waals surface area (Å²) >= 11 is 0.